The summed E-state index contributed by atoms with van der Waals surface area (Å²) in [7, 11) is 0. The van der Waals surface area contributed by atoms with Crippen molar-refractivity contribution >= 4 is 39.8 Å². The Hall–Kier alpha value is -1.06. The van der Waals surface area contributed by atoms with Crippen LogP contribution in [0.3, 0.4) is 0 Å². The van der Waals surface area contributed by atoms with Crippen LogP contribution in [-0.4, -0.2) is 34.1 Å². The van der Waals surface area contributed by atoms with Crippen molar-refractivity contribution in [3.05, 3.63) is 48.0 Å². The fraction of sp³-hybridized carbons (Fsp3) is 0.0833. The molecule has 0 heterocycles. The summed E-state index contributed by atoms with van der Waals surface area (Å²) in [4.78, 5) is 10.6. The van der Waals surface area contributed by atoms with E-state index in [1.807, 2.05) is 42.5 Å². The molecule has 3 heteroatoms. The van der Waals surface area contributed by atoms with E-state index in [0.717, 1.165) is 16.3 Å². The second-order valence-electron chi connectivity index (χ2n) is 3.21. The summed E-state index contributed by atoms with van der Waals surface area (Å²) in [6, 6.07) is 13.5. The van der Waals surface area contributed by atoms with Gasteiger partial charge in [0.25, 0.3) is 0 Å². The maximum Gasteiger partial charge on any atom is 2.00 e. The van der Waals surface area contributed by atoms with Gasteiger partial charge in [0, 0.05) is 0 Å². The third kappa shape index (κ3) is 2.70. The molecule has 0 atom stereocenters. The normalized spacial score (nSPS) is 9.60. The van der Waals surface area contributed by atoms with E-state index in [0.29, 0.717) is 0 Å². The van der Waals surface area contributed by atoms with Gasteiger partial charge in [-0.2, -0.15) is 0 Å². The average molecular weight is 213 g/mol. The van der Waals surface area contributed by atoms with Gasteiger partial charge in [-0.3, -0.25) is 4.79 Å². The number of aliphatic carboxylic acids is 1. The summed E-state index contributed by atoms with van der Waals surface area (Å²) >= 11 is 0. The number of rotatable bonds is 2. The Bertz CT molecular complexity index is 483. The number of hydrogen-bond donors (Lipinski definition) is 1. The SMILES string of the molecule is O=C(O)Cc1cccc2ccccc12.[H-].[H-].[Mg+2]. The van der Waals surface area contributed by atoms with Crippen molar-refractivity contribution in [1.29, 1.82) is 0 Å². The van der Waals surface area contributed by atoms with Crippen LogP contribution in [0.5, 0.6) is 0 Å². The maximum atomic E-state index is 10.6. The summed E-state index contributed by atoms with van der Waals surface area (Å²) in [5, 5.41) is 10.8. The largest absolute Gasteiger partial charge is 2.00 e. The molecular weight excluding hydrogens is 200 g/mol. The molecule has 0 saturated carbocycles. The van der Waals surface area contributed by atoms with E-state index in [9.17, 15) is 4.79 Å². The van der Waals surface area contributed by atoms with Crippen molar-refractivity contribution in [3.63, 3.8) is 0 Å². The van der Waals surface area contributed by atoms with Crippen molar-refractivity contribution < 1.29 is 12.8 Å². The molecule has 0 aliphatic rings. The van der Waals surface area contributed by atoms with Gasteiger partial charge in [0.1, 0.15) is 0 Å². The number of benzene rings is 2. The Morgan fingerprint density at radius 3 is 2.53 bits per heavy atom. The minimum atomic E-state index is -0.790. The van der Waals surface area contributed by atoms with Gasteiger partial charge in [-0.05, 0) is 16.3 Å². The van der Waals surface area contributed by atoms with E-state index >= 15 is 0 Å². The maximum absolute atomic E-state index is 10.6. The minimum Gasteiger partial charge on any atom is -1.00 e. The Morgan fingerprint density at radius 1 is 1.13 bits per heavy atom. The topological polar surface area (TPSA) is 37.3 Å². The van der Waals surface area contributed by atoms with Crippen molar-refractivity contribution in [1.82, 2.24) is 0 Å². The molecule has 0 aliphatic carbocycles. The van der Waals surface area contributed by atoms with Crippen LogP contribution in [0.4, 0.5) is 0 Å². The van der Waals surface area contributed by atoms with E-state index in [4.69, 9.17) is 5.11 Å². The molecule has 15 heavy (non-hydrogen) atoms. The van der Waals surface area contributed by atoms with Crippen LogP contribution in [0.25, 0.3) is 10.8 Å². The van der Waals surface area contributed by atoms with Crippen molar-refractivity contribution in [2.75, 3.05) is 0 Å². The summed E-state index contributed by atoms with van der Waals surface area (Å²) in [6.45, 7) is 0. The number of carbonyl (C=O) groups is 1. The van der Waals surface area contributed by atoms with Gasteiger partial charge in [-0.15, -0.1) is 0 Å². The van der Waals surface area contributed by atoms with Crippen LogP contribution in [-0.2, 0) is 11.2 Å². The third-order valence-electron chi connectivity index (χ3n) is 2.22. The standard InChI is InChI=1S/C12H10O2.Mg.2H/c13-12(14)8-10-6-3-5-9-4-1-2-7-11(9)10;;;/h1-7H,8H2,(H,13,14);;;/q;+2;2*-1. The van der Waals surface area contributed by atoms with Gasteiger partial charge in [0.15, 0.2) is 0 Å². The van der Waals surface area contributed by atoms with Crippen LogP contribution in [0, 0.1) is 0 Å². The predicted octanol–water partition coefficient (Wildman–Crippen LogP) is 2.31. The molecule has 0 radical (unpaired) electrons. The van der Waals surface area contributed by atoms with Gasteiger partial charge in [0.05, 0.1) is 6.42 Å². The van der Waals surface area contributed by atoms with Crippen LogP contribution in [0.15, 0.2) is 42.5 Å². The Labute approximate surface area is 107 Å². The minimum absolute atomic E-state index is 0. The fourth-order valence-corrected chi connectivity index (χ4v) is 1.61. The fourth-order valence-electron chi connectivity index (χ4n) is 1.61. The first-order valence-electron chi connectivity index (χ1n) is 4.46. The molecule has 0 spiro atoms. The van der Waals surface area contributed by atoms with E-state index in [-0.39, 0.29) is 32.3 Å². The number of fused-ring (bicyclic) bond motifs is 1. The van der Waals surface area contributed by atoms with Crippen LogP contribution in [0.1, 0.15) is 8.42 Å². The zero-order valence-corrected chi connectivity index (χ0v) is 9.73. The number of carboxylic acids is 1. The Balaban J connectivity index is 0. The summed E-state index contributed by atoms with van der Waals surface area (Å²) in [5.74, 6) is -0.790. The molecule has 2 aromatic carbocycles. The second kappa shape index (κ2) is 5.14. The zero-order chi connectivity index (χ0) is 9.97. The first-order valence-corrected chi connectivity index (χ1v) is 4.46. The molecular formula is C12H12MgO2. The van der Waals surface area contributed by atoms with Crippen molar-refractivity contribution in [2.45, 2.75) is 6.42 Å². The summed E-state index contributed by atoms with van der Waals surface area (Å²) in [6.07, 6.45) is 0.0847. The van der Waals surface area contributed by atoms with Crippen molar-refractivity contribution in [3.8, 4) is 0 Å². The van der Waals surface area contributed by atoms with Gasteiger partial charge < -0.3 is 7.96 Å². The molecule has 2 rings (SSSR count). The zero-order valence-electron chi connectivity index (χ0n) is 10.3. The summed E-state index contributed by atoms with van der Waals surface area (Å²) < 4.78 is 0. The van der Waals surface area contributed by atoms with Gasteiger partial charge in [0.2, 0.25) is 0 Å². The van der Waals surface area contributed by atoms with E-state index < -0.39 is 5.97 Å². The molecule has 0 unspecified atom stereocenters. The van der Waals surface area contributed by atoms with Gasteiger partial charge in [-0.1, -0.05) is 42.5 Å². The second-order valence-corrected chi connectivity index (χ2v) is 3.21. The van der Waals surface area contributed by atoms with E-state index in [2.05, 4.69) is 0 Å². The van der Waals surface area contributed by atoms with Crippen LogP contribution < -0.4 is 0 Å². The average Bonchev–Trinajstić information content (AvgIpc) is 2.18. The molecule has 2 nitrogen and oxygen atoms in total. The Morgan fingerprint density at radius 2 is 1.80 bits per heavy atom. The van der Waals surface area contributed by atoms with Gasteiger partial charge in [-0.25, -0.2) is 0 Å². The number of carboxylic acid groups (broad SMARTS) is 1. The van der Waals surface area contributed by atoms with Crippen LogP contribution in [0.2, 0.25) is 0 Å². The number of hydrogen-bond acceptors (Lipinski definition) is 1. The molecule has 0 amide bonds. The smallest absolute Gasteiger partial charge is 1.00 e. The third-order valence-corrected chi connectivity index (χ3v) is 2.22. The predicted molar refractivity (Wildman–Crippen MR) is 63.3 cm³/mol. The first-order chi connectivity index (χ1) is 6.77. The molecule has 0 saturated heterocycles. The van der Waals surface area contributed by atoms with E-state index in [1.54, 1.807) is 0 Å². The monoisotopic (exact) mass is 212 g/mol. The Kier molecular flexibility index (Phi) is 4.11. The molecule has 74 valence electrons. The molecule has 0 aliphatic heterocycles. The first kappa shape index (κ1) is 12.0. The van der Waals surface area contributed by atoms with Gasteiger partial charge >= 0.3 is 29.0 Å². The molecule has 2 aromatic rings. The summed E-state index contributed by atoms with van der Waals surface area (Å²) in [5.41, 5.74) is 0.871. The van der Waals surface area contributed by atoms with Crippen molar-refractivity contribution in [2.24, 2.45) is 0 Å². The quantitative estimate of drug-likeness (QED) is 0.776. The molecule has 0 aromatic heterocycles. The van der Waals surface area contributed by atoms with E-state index in [1.165, 1.54) is 0 Å². The molecule has 1 N–H and O–H groups in total. The molecule has 0 bridgehead atoms. The molecule has 0 fully saturated rings. The van der Waals surface area contributed by atoms with Crippen LogP contribution >= 0.6 is 0 Å².